The fourth-order valence-corrected chi connectivity index (χ4v) is 1.05. The molecular formula is C15H18F2O. The normalized spacial score (nSPS) is 15.9. The van der Waals surface area contributed by atoms with Gasteiger partial charge >= 0.3 is 0 Å². The van der Waals surface area contributed by atoms with Crippen molar-refractivity contribution < 1.29 is 13.9 Å². The molecule has 18 heavy (non-hydrogen) atoms. The summed E-state index contributed by atoms with van der Waals surface area (Å²) in [6.07, 6.45) is 8.54. The Hall–Kier alpha value is -1.74. The van der Waals surface area contributed by atoms with E-state index in [2.05, 4.69) is 13.2 Å². The largest absolute Gasteiger partial charge is 0.388 e. The van der Waals surface area contributed by atoms with E-state index in [1.165, 1.54) is 36.5 Å². The van der Waals surface area contributed by atoms with Crippen molar-refractivity contribution in [1.29, 1.82) is 0 Å². The molecule has 1 unspecified atom stereocenters. The first-order valence-electron chi connectivity index (χ1n) is 5.50. The van der Waals surface area contributed by atoms with E-state index in [0.29, 0.717) is 5.57 Å². The van der Waals surface area contributed by atoms with Gasteiger partial charge < -0.3 is 5.11 Å². The van der Waals surface area contributed by atoms with Crippen LogP contribution in [0.2, 0.25) is 0 Å². The maximum absolute atomic E-state index is 12.9. The van der Waals surface area contributed by atoms with Gasteiger partial charge in [-0.15, -0.1) is 0 Å². The standard InChI is InChI=1S/C15H18F2O/c1-4-7-14(17)8-6-9-15(18)12(3)10-11-13(16)5-2/h4-8,10-11,15,18H,1-2,9H2,3H3/b8-6-,12-10+,13-11+,14-7+. The summed E-state index contributed by atoms with van der Waals surface area (Å²) in [6.45, 7) is 8.30. The van der Waals surface area contributed by atoms with Crippen molar-refractivity contribution in [2.75, 3.05) is 0 Å². The van der Waals surface area contributed by atoms with Crippen molar-refractivity contribution in [2.24, 2.45) is 0 Å². The van der Waals surface area contributed by atoms with Gasteiger partial charge in [0.25, 0.3) is 0 Å². The van der Waals surface area contributed by atoms with Crippen LogP contribution in [0.25, 0.3) is 0 Å². The Morgan fingerprint density at radius 2 is 1.83 bits per heavy atom. The molecule has 0 amide bonds. The first kappa shape index (κ1) is 16.3. The van der Waals surface area contributed by atoms with Crippen LogP contribution >= 0.6 is 0 Å². The van der Waals surface area contributed by atoms with Crippen molar-refractivity contribution in [3.05, 3.63) is 72.9 Å². The van der Waals surface area contributed by atoms with Gasteiger partial charge in [0, 0.05) is 0 Å². The average molecular weight is 252 g/mol. The fraction of sp³-hybridized carbons (Fsp3) is 0.200. The van der Waals surface area contributed by atoms with Crippen LogP contribution in [0.15, 0.2) is 72.9 Å². The Kier molecular flexibility index (Phi) is 8.41. The van der Waals surface area contributed by atoms with Crippen LogP contribution < -0.4 is 0 Å². The molecule has 0 aliphatic heterocycles. The van der Waals surface area contributed by atoms with Crippen molar-refractivity contribution in [3.63, 3.8) is 0 Å². The van der Waals surface area contributed by atoms with E-state index in [1.54, 1.807) is 6.92 Å². The molecule has 3 heteroatoms. The molecule has 0 aliphatic carbocycles. The molecule has 0 heterocycles. The average Bonchev–Trinajstić information content (AvgIpc) is 2.35. The van der Waals surface area contributed by atoms with Crippen LogP contribution in [0.4, 0.5) is 8.78 Å². The van der Waals surface area contributed by atoms with E-state index in [4.69, 9.17) is 0 Å². The summed E-state index contributed by atoms with van der Waals surface area (Å²) in [5.41, 5.74) is 0.588. The maximum Gasteiger partial charge on any atom is 0.122 e. The second-order valence-electron chi connectivity index (χ2n) is 3.61. The number of aliphatic hydroxyl groups excluding tert-OH is 1. The summed E-state index contributed by atoms with van der Waals surface area (Å²) >= 11 is 0. The van der Waals surface area contributed by atoms with Crippen LogP contribution in [0, 0.1) is 0 Å². The summed E-state index contributed by atoms with van der Waals surface area (Å²) in [5, 5.41) is 9.69. The molecule has 0 aliphatic rings. The van der Waals surface area contributed by atoms with Crippen molar-refractivity contribution in [1.82, 2.24) is 0 Å². The third-order valence-electron chi connectivity index (χ3n) is 2.14. The van der Waals surface area contributed by atoms with Gasteiger partial charge in [-0.1, -0.05) is 31.4 Å². The summed E-state index contributed by atoms with van der Waals surface area (Å²) in [4.78, 5) is 0. The van der Waals surface area contributed by atoms with Crippen LogP contribution in [0.3, 0.4) is 0 Å². The van der Waals surface area contributed by atoms with Gasteiger partial charge in [-0.25, -0.2) is 8.78 Å². The van der Waals surface area contributed by atoms with Crippen LogP contribution in [0.1, 0.15) is 13.3 Å². The lowest BCUT2D eigenvalue weighted by Gasteiger charge is -2.07. The van der Waals surface area contributed by atoms with E-state index in [9.17, 15) is 13.9 Å². The Morgan fingerprint density at radius 3 is 2.39 bits per heavy atom. The Morgan fingerprint density at radius 1 is 1.17 bits per heavy atom. The van der Waals surface area contributed by atoms with E-state index >= 15 is 0 Å². The maximum atomic E-state index is 12.9. The highest BCUT2D eigenvalue weighted by Crippen LogP contribution is 2.09. The second-order valence-corrected chi connectivity index (χ2v) is 3.61. The number of halogens is 2. The lowest BCUT2D eigenvalue weighted by atomic mass is 10.1. The third-order valence-corrected chi connectivity index (χ3v) is 2.14. The van der Waals surface area contributed by atoms with Crippen molar-refractivity contribution >= 4 is 0 Å². The zero-order chi connectivity index (χ0) is 14.0. The SMILES string of the molecule is C=C/C=C(F)\C=C/CC(O)/C(C)=C/C=C(/F)C=C. The zero-order valence-corrected chi connectivity index (χ0v) is 10.4. The fourth-order valence-electron chi connectivity index (χ4n) is 1.05. The molecule has 98 valence electrons. The predicted molar refractivity (Wildman–Crippen MR) is 72.3 cm³/mol. The molecule has 0 aromatic heterocycles. The Bertz CT molecular complexity index is 401. The molecule has 1 nitrogen and oxygen atoms in total. The molecule has 1 atom stereocenters. The topological polar surface area (TPSA) is 20.2 Å². The number of allylic oxidation sites excluding steroid dienone is 8. The highest BCUT2D eigenvalue weighted by molar-refractivity contribution is 5.22. The first-order valence-corrected chi connectivity index (χ1v) is 5.50. The van der Waals surface area contributed by atoms with E-state index in [1.807, 2.05) is 0 Å². The summed E-state index contributed by atoms with van der Waals surface area (Å²) < 4.78 is 25.6. The molecule has 0 radical (unpaired) electrons. The zero-order valence-electron chi connectivity index (χ0n) is 10.4. The molecule has 0 aromatic carbocycles. The summed E-state index contributed by atoms with van der Waals surface area (Å²) in [6, 6.07) is 0. The van der Waals surface area contributed by atoms with Gasteiger partial charge in [-0.3, -0.25) is 0 Å². The lowest BCUT2D eigenvalue weighted by molar-refractivity contribution is 0.214. The van der Waals surface area contributed by atoms with Gasteiger partial charge in [0.05, 0.1) is 6.10 Å². The summed E-state index contributed by atoms with van der Waals surface area (Å²) in [7, 11) is 0. The Labute approximate surface area is 107 Å². The predicted octanol–water partition coefficient (Wildman–Crippen LogP) is 4.32. The first-order chi connectivity index (χ1) is 8.51. The summed E-state index contributed by atoms with van der Waals surface area (Å²) in [5.74, 6) is -0.909. The third kappa shape index (κ3) is 7.52. The van der Waals surface area contributed by atoms with Gasteiger partial charge in [-0.05, 0) is 43.2 Å². The van der Waals surface area contributed by atoms with Gasteiger partial charge in [0.1, 0.15) is 11.7 Å². The van der Waals surface area contributed by atoms with E-state index in [-0.39, 0.29) is 6.42 Å². The molecule has 0 saturated carbocycles. The molecule has 0 rings (SSSR count). The quantitative estimate of drug-likeness (QED) is 0.669. The Balaban J connectivity index is 4.41. The van der Waals surface area contributed by atoms with Gasteiger partial charge in [-0.2, -0.15) is 0 Å². The highest BCUT2D eigenvalue weighted by atomic mass is 19.1. The van der Waals surface area contributed by atoms with Gasteiger partial charge in [0.15, 0.2) is 0 Å². The minimum absolute atomic E-state index is 0.254. The van der Waals surface area contributed by atoms with Crippen molar-refractivity contribution in [3.8, 4) is 0 Å². The van der Waals surface area contributed by atoms with Crippen LogP contribution in [-0.4, -0.2) is 11.2 Å². The molecule has 0 spiro atoms. The molecule has 0 fully saturated rings. The molecule has 0 saturated heterocycles. The molecule has 1 N–H and O–H groups in total. The molecule has 0 aromatic rings. The second kappa shape index (κ2) is 9.31. The van der Waals surface area contributed by atoms with E-state index < -0.39 is 17.8 Å². The minimum atomic E-state index is -0.772. The number of rotatable bonds is 7. The molecular weight excluding hydrogens is 234 g/mol. The van der Waals surface area contributed by atoms with Crippen molar-refractivity contribution in [2.45, 2.75) is 19.4 Å². The lowest BCUT2D eigenvalue weighted by Crippen LogP contribution is -2.06. The van der Waals surface area contributed by atoms with Crippen LogP contribution in [-0.2, 0) is 0 Å². The molecule has 0 bridgehead atoms. The van der Waals surface area contributed by atoms with E-state index in [0.717, 1.165) is 6.08 Å². The monoisotopic (exact) mass is 252 g/mol. The number of hydrogen-bond acceptors (Lipinski definition) is 1. The number of hydrogen-bond donors (Lipinski definition) is 1. The minimum Gasteiger partial charge on any atom is -0.388 e. The highest BCUT2D eigenvalue weighted by Gasteiger charge is 2.03. The van der Waals surface area contributed by atoms with Gasteiger partial charge in [0.2, 0.25) is 0 Å². The smallest absolute Gasteiger partial charge is 0.122 e. The number of aliphatic hydroxyl groups is 1. The van der Waals surface area contributed by atoms with Crippen LogP contribution in [0.5, 0.6) is 0 Å².